The molecule has 0 aromatic carbocycles. The summed E-state index contributed by atoms with van der Waals surface area (Å²) in [4.78, 5) is 12.8. The maximum atomic E-state index is 8.79. The average Bonchev–Trinajstić information content (AvgIpc) is 2.43. The van der Waals surface area contributed by atoms with Gasteiger partial charge < -0.3 is 15.7 Å². The second kappa shape index (κ2) is 6.65. The first-order valence-electron chi connectivity index (χ1n) is 6.12. The molecule has 0 saturated heterocycles. The van der Waals surface area contributed by atoms with Crippen LogP contribution in [0, 0.1) is 6.92 Å². The number of pyridine rings is 1. The monoisotopic (exact) mass is 259 g/mol. The second-order valence-electron chi connectivity index (χ2n) is 4.01. The van der Waals surface area contributed by atoms with Gasteiger partial charge in [-0.25, -0.2) is 9.97 Å². The van der Waals surface area contributed by atoms with Crippen molar-refractivity contribution in [3.63, 3.8) is 0 Å². The third-order valence-electron chi connectivity index (χ3n) is 2.43. The molecule has 0 bridgehead atoms. The lowest BCUT2D eigenvalue weighted by atomic mass is 10.3. The van der Waals surface area contributed by atoms with Crippen molar-refractivity contribution in [1.82, 2.24) is 15.0 Å². The molecule has 19 heavy (non-hydrogen) atoms. The molecule has 6 nitrogen and oxygen atoms in total. The number of aliphatic hydroxyl groups is 1. The van der Waals surface area contributed by atoms with E-state index in [9.17, 15) is 0 Å². The van der Waals surface area contributed by atoms with Gasteiger partial charge in [-0.05, 0) is 19.1 Å². The van der Waals surface area contributed by atoms with Gasteiger partial charge >= 0.3 is 0 Å². The van der Waals surface area contributed by atoms with E-state index >= 15 is 0 Å². The fraction of sp³-hybridized carbons (Fsp3) is 0.308. The molecule has 6 heteroatoms. The number of aromatic nitrogens is 3. The lowest BCUT2D eigenvalue weighted by Gasteiger charge is -2.09. The summed E-state index contributed by atoms with van der Waals surface area (Å²) in [5.41, 5.74) is 0.948. The first-order valence-corrected chi connectivity index (χ1v) is 6.12. The Balaban J connectivity index is 2.01. The number of hydrogen-bond donors (Lipinski definition) is 3. The van der Waals surface area contributed by atoms with Crippen LogP contribution in [0.1, 0.15) is 11.5 Å². The molecule has 0 aliphatic carbocycles. The van der Waals surface area contributed by atoms with E-state index in [2.05, 4.69) is 25.6 Å². The Morgan fingerprint density at radius 1 is 1.16 bits per heavy atom. The summed E-state index contributed by atoms with van der Waals surface area (Å²) < 4.78 is 0. The molecule has 0 aliphatic heterocycles. The predicted molar refractivity (Wildman–Crippen MR) is 73.9 cm³/mol. The second-order valence-corrected chi connectivity index (χ2v) is 4.01. The van der Waals surface area contributed by atoms with Crippen LogP contribution >= 0.6 is 0 Å². The summed E-state index contributed by atoms with van der Waals surface area (Å²) in [5.74, 6) is 2.11. The molecule has 0 spiro atoms. The maximum Gasteiger partial charge on any atom is 0.132 e. The third kappa shape index (κ3) is 4.18. The molecule has 0 atom stereocenters. The highest BCUT2D eigenvalue weighted by Gasteiger charge is 2.01. The highest BCUT2D eigenvalue weighted by molar-refractivity contribution is 5.47. The Morgan fingerprint density at radius 3 is 2.63 bits per heavy atom. The van der Waals surface area contributed by atoms with E-state index in [1.165, 1.54) is 0 Å². The largest absolute Gasteiger partial charge is 0.395 e. The van der Waals surface area contributed by atoms with Gasteiger partial charge in [0, 0.05) is 18.8 Å². The van der Waals surface area contributed by atoms with Crippen LogP contribution in [0.3, 0.4) is 0 Å². The van der Waals surface area contributed by atoms with Gasteiger partial charge in [0.05, 0.1) is 18.8 Å². The molecule has 3 N–H and O–H groups in total. The van der Waals surface area contributed by atoms with Crippen molar-refractivity contribution in [3.05, 3.63) is 42.0 Å². The van der Waals surface area contributed by atoms with Crippen LogP contribution in [-0.2, 0) is 6.54 Å². The van der Waals surface area contributed by atoms with Crippen LogP contribution < -0.4 is 10.6 Å². The lowest BCUT2D eigenvalue weighted by Crippen LogP contribution is -2.10. The van der Waals surface area contributed by atoms with Crippen LogP contribution in [0.15, 0.2) is 30.5 Å². The van der Waals surface area contributed by atoms with Crippen LogP contribution in [-0.4, -0.2) is 33.2 Å². The van der Waals surface area contributed by atoms with Crippen LogP contribution in [0.4, 0.5) is 11.6 Å². The fourth-order valence-corrected chi connectivity index (χ4v) is 1.62. The number of nitrogens with zero attached hydrogens (tertiary/aromatic N) is 3. The van der Waals surface area contributed by atoms with E-state index in [1.54, 1.807) is 6.20 Å². The molecule has 0 aliphatic rings. The van der Waals surface area contributed by atoms with E-state index in [1.807, 2.05) is 31.2 Å². The highest BCUT2D eigenvalue weighted by Crippen LogP contribution is 2.11. The average molecular weight is 259 g/mol. The minimum absolute atomic E-state index is 0.0692. The Bertz CT molecular complexity index is 518. The Labute approximate surface area is 112 Å². The van der Waals surface area contributed by atoms with Crippen LogP contribution in [0.5, 0.6) is 0 Å². The summed E-state index contributed by atoms with van der Waals surface area (Å²) in [6.07, 6.45) is 1.76. The maximum absolute atomic E-state index is 8.79. The molecule has 2 rings (SSSR count). The highest BCUT2D eigenvalue weighted by atomic mass is 16.3. The lowest BCUT2D eigenvalue weighted by molar-refractivity contribution is 0.311. The zero-order valence-corrected chi connectivity index (χ0v) is 10.8. The smallest absolute Gasteiger partial charge is 0.132 e. The number of rotatable bonds is 6. The zero-order chi connectivity index (χ0) is 13.5. The molecular weight excluding hydrogens is 242 g/mol. The van der Waals surface area contributed by atoms with E-state index in [0.717, 1.165) is 11.5 Å². The van der Waals surface area contributed by atoms with E-state index < -0.39 is 0 Å². The van der Waals surface area contributed by atoms with Crippen LogP contribution in [0.2, 0.25) is 0 Å². The molecular formula is C13H17N5O. The van der Waals surface area contributed by atoms with Gasteiger partial charge in [0.25, 0.3) is 0 Å². The van der Waals surface area contributed by atoms with Crippen LogP contribution in [0.25, 0.3) is 0 Å². The van der Waals surface area contributed by atoms with Gasteiger partial charge in [-0.15, -0.1) is 0 Å². The summed E-state index contributed by atoms with van der Waals surface area (Å²) in [6, 6.07) is 7.59. The van der Waals surface area contributed by atoms with Gasteiger partial charge in [0.15, 0.2) is 0 Å². The quantitative estimate of drug-likeness (QED) is 0.723. The van der Waals surface area contributed by atoms with Crippen molar-refractivity contribution in [2.45, 2.75) is 13.5 Å². The molecule has 0 fully saturated rings. The summed E-state index contributed by atoms with van der Waals surface area (Å²) in [5, 5.41) is 15.0. The van der Waals surface area contributed by atoms with Crippen molar-refractivity contribution in [2.75, 3.05) is 23.8 Å². The topological polar surface area (TPSA) is 83.0 Å². The van der Waals surface area contributed by atoms with Crippen molar-refractivity contribution in [3.8, 4) is 0 Å². The van der Waals surface area contributed by atoms with Crippen molar-refractivity contribution < 1.29 is 5.11 Å². The van der Waals surface area contributed by atoms with E-state index in [4.69, 9.17) is 5.11 Å². The van der Waals surface area contributed by atoms with Gasteiger partial charge in [-0.2, -0.15) is 0 Å². The third-order valence-corrected chi connectivity index (χ3v) is 2.43. The number of aryl methyl sites for hydroxylation is 1. The molecule has 2 aromatic heterocycles. The van der Waals surface area contributed by atoms with Gasteiger partial charge in [-0.1, -0.05) is 6.07 Å². The SMILES string of the molecule is Cc1nc(NCCO)cc(NCc2ccccn2)n1. The predicted octanol–water partition coefficient (Wildman–Crippen LogP) is 1.20. The normalized spacial score (nSPS) is 10.2. The van der Waals surface area contributed by atoms with E-state index in [-0.39, 0.29) is 6.61 Å². The number of nitrogens with one attached hydrogen (secondary N) is 2. The van der Waals surface area contributed by atoms with Gasteiger partial charge in [0.2, 0.25) is 0 Å². The summed E-state index contributed by atoms with van der Waals surface area (Å²) in [6.45, 7) is 2.97. The summed E-state index contributed by atoms with van der Waals surface area (Å²) in [7, 11) is 0. The van der Waals surface area contributed by atoms with Crippen molar-refractivity contribution in [2.24, 2.45) is 0 Å². The van der Waals surface area contributed by atoms with Crippen molar-refractivity contribution >= 4 is 11.6 Å². The standard InChI is InChI=1S/C13H17N5O/c1-10-17-12(15-6-7-19)8-13(18-10)16-9-11-4-2-3-5-14-11/h2-5,8,19H,6-7,9H2,1H3,(H2,15,16,17,18). The Hall–Kier alpha value is -2.21. The van der Waals surface area contributed by atoms with Gasteiger partial charge in [-0.3, -0.25) is 4.98 Å². The summed E-state index contributed by atoms with van der Waals surface area (Å²) >= 11 is 0. The van der Waals surface area contributed by atoms with Gasteiger partial charge in [0.1, 0.15) is 17.5 Å². The Morgan fingerprint density at radius 2 is 1.95 bits per heavy atom. The zero-order valence-electron chi connectivity index (χ0n) is 10.8. The van der Waals surface area contributed by atoms with E-state index in [0.29, 0.717) is 24.7 Å². The molecule has 0 saturated carbocycles. The molecule has 100 valence electrons. The minimum atomic E-state index is 0.0692. The number of hydrogen-bond acceptors (Lipinski definition) is 6. The molecule has 0 radical (unpaired) electrons. The fourth-order valence-electron chi connectivity index (χ4n) is 1.62. The first kappa shape index (κ1) is 13.2. The molecule has 2 aromatic rings. The first-order chi connectivity index (χ1) is 9.28. The Kier molecular flexibility index (Phi) is 4.63. The number of aliphatic hydroxyl groups excluding tert-OH is 1. The molecule has 2 heterocycles. The molecule has 0 unspecified atom stereocenters. The van der Waals surface area contributed by atoms with Crippen molar-refractivity contribution in [1.29, 1.82) is 0 Å². The molecule has 0 amide bonds. The number of anilines is 2. The minimum Gasteiger partial charge on any atom is -0.395 e.